The highest BCUT2D eigenvalue weighted by atomic mass is 19.1. The summed E-state index contributed by atoms with van der Waals surface area (Å²) in [5, 5.41) is 6.20. The van der Waals surface area contributed by atoms with Gasteiger partial charge in [-0.15, -0.1) is 0 Å². The molecule has 1 saturated heterocycles. The SMILES string of the molecule is C[C@H]1C[C@@H](C(=O)NCc2cccc(F)c2)CCN1. The fourth-order valence-corrected chi connectivity index (χ4v) is 2.35. The number of benzene rings is 1. The van der Waals surface area contributed by atoms with Crippen LogP contribution in [0.1, 0.15) is 25.3 Å². The van der Waals surface area contributed by atoms with Gasteiger partial charge in [0.15, 0.2) is 0 Å². The molecular formula is C14H19FN2O. The second kappa shape index (κ2) is 5.96. The molecule has 0 saturated carbocycles. The molecule has 2 atom stereocenters. The van der Waals surface area contributed by atoms with E-state index in [4.69, 9.17) is 0 Å². The topological polar surface area (TPSA) is 41.1 Å². The van der Waals surface area contributed by atoms with Gasteiger partial charge in [0, 0.05) is 18.5 Å². The van der Waals surface area contributed by atoms with Gasteiger partial charge in [0.25, 0.3) is 0 Å². The molecule has 0 spiro atoms. The molecule has 18 heavy (non-hydrogen) atoms. The zero-order valence-electron chi connectivity index (χ0n) is 10.6. The Bertz CT molecular complexity index is 422. The number of carbonyl (C=O) groups excluding carboxylic acids is 1. The van der Waals surface area contributed by atoms with E-state index in [1.807, 2.05) is 6.07 Å². The molecule has 0 aromatic heterocycles. The smallest absolute Gasteiger partial charge is 0.223 e. The molecule has 0 aliphatic carbocycles. The van der Waals surface area contributed by atoms with Crippen molar-refractivity contribution in [2.24, 2.45) is 5.92 Å². The Hall–Kier alpha value is -1.42. The third-order valence-corrected chi connectivity index (χ3v) is 3.35. The van der Waals surface area contributed by atoms with Gasteiger partial charge >= 0.3 is 0 Å². The zero-order chi connectivity index (χ0) is 13.0. The van der Waals surface area contributed by atoms with Gasteiger partial charge in [-0.1, -0.05) is 12.1 Å². The third kappa shape index (κ3) is 3.53. The molecule has 1 aromatic carbocycles. The van der Waals surface area contributed by atoms with Crippen LogP contribution in [0.25, 0.3) is 0 Å². The van der Waals surface area contributed by atoms with Gasteiger partial charge in [0.05, 0.1) is 0 Å². The van der Waals surface area contributed by atoms with E-state index in [0.29, 0.717) is 12.6 Å². The molecule has 0 bridgehead atoms. The Kier molecular flexibility index (Phi) is 4.31. The monoisotopic (exact) mass is 250 g/mol. The van der Waals surface area contributed by atoms with E-state index in [1.54, 1.807) is 6.07 Å². The van der Waals surface area contributed by atoms with Gasteiger partial charge in [-0.3, -0.25) is 4.79 Å². The number of nitrogens with one attached hydrogen (secondary N) is 2. The molecule has 1 amide bonds. The van der Waals surface area contributed by atoms with E-state index in [-0.39, 0.29) is 17.6 Å². The van der Waals surface area contributed by atoms with Crippen LogP contribution in [-0.2, 0) is 11.3 Å². The average Bonchev–Trinajstić information content (AvgIpc) is 2.36. The summed E-state index contributed by atoms with van der Waals surface area (Å²) >= 11 is 0. The lowest BCUT2D eigenvalue weighted by Crippen LogP contribution is -2.42. The molecule has 1 aliphatic heterocycles. The maximum atomic E-state index is 13.0. The van der Waals surface area contributed by atoms with Gasteiger partial charge < -0.3 is 10.6 Å². The molecule has 1 heterocycles. The van der Waals surface area contributed by atoms with Crippen LogP contribution < -0.4 is 10.6 Å². The first-order chi connectivity index (χ1) is 8.65. The molecule has 4 heteroatoms. The van der Waals surface area contributed by atoms with Crippen LogP contribution in [0.2, 0.25) is 0 Å². The number of rotatable bonds is 3. The fraction of sp³-hybridized carbons (Fsp3) is 0.500. The van der Waals surface area contributed by atoms with Crippen molar-refractivity contribution in [3.05, 3.63) is 35.6 Å². The minimum absolute atomic E-state index is 0.0765. The molecule has 2 rings (SSSR count). The Labute approximate surface area is 107 Å². The van der Waals surface area contributed by atoms with E-state index in [2.05, 4.69) is 17.6 Å². The van der Waals surface area contributed by atoms with Crippen LogP contribution in [0.3, 0.4) is 0 Å². The number of hydrogen-bond acceptors (Lipinski definition) is 2. The average molecular weight is 250 g/mol. The summed E-state index contributed by atoms with van der Waals surface area (Å²) in [6, 6.07) is 6.71. The summed E-state index contributed by atoms with van der Waals surface area (Å²) in [5.41, 5.74) is 0.797. The summed E-state index contributed by atoms with van der Waals surface area (Å²) in [4.78, 5) is 12.0. The fourth-order valence-electron chi connectivity index (χ4n) is 2.35. The Morgan fingerprint density at radius 3 is 3.11 bits per heavy atom. The highest BCUT2D eigenvalue weighted by Crippen LogP contribution is 2.16. The van der Waals surface area contributed by atoms with Crippen molar-refractivity contribution in [3.63, 3.8) is 0 Å². The Balaban J connectivity index is 1.84. The largest absolute Gasteiger partial charge is 0.352 e. The minimum Gasteiger partial charge on any atom is -0.352 e. The van der Waals surface area contributed by atoms with Crippen molar-refractivity contribution in [3.8, 4) is 0 Å². The lowest BCUT2D eigenvalue weighted by atomic mass is 9.92. The van der Waals surface area contributed by atoms with Crippen LogP contribution in [0.15, 0.2) is 24.3 Å². The van der Waals surface area contributed by atoms with Gasteiger partial charge in [0.2, 0.25) is 5.91 Å². The van der Waals surface area contributed by atoms with Gasteiger partial charge in [-0.2, -0.15) is 0 Å². The summed E-state index contributed by atoms with van der Waals surface area (Å²) in [6.45, 7) is 3.38. The predicted molar refractivity (Wildman–Crippen MR) is 68.4 cm³/mol. The van der Waals surface area contributed by atoms with Crippen molar-refractivity contribution < 1.29 is 9.18 Å². The second-order valence-corrected chi connectivity index (χ2v) is 4.92. The molecule has 3 nitrogen and oxygen atoms in total. The Morgan fingerprint density at radius 1 is 1.56 bits per heavy atom. The third-order valence-electron chi connectivity index (χ3n) is 3.35. The number of hydrogen-bond donors (Lipinski definition) is 2. The van der Waals surface area contributed by atoms with Gasteiger partial charge in [0.1, 0.15) is 5.82 Å². The van der Waals surface area contributed by atoms with Crippen LogP contribution in [0.4, 0.5) is 4.39 Å². The minimum atomic E-state index is -0.266. The van der Waals surface area contributed by atoms with E-state index >= 15 is 0 Å². The highest BCUT2D eigenvalue weighted by molar-refractivity contribution is 5.78. The number of halogens is 1. The molecule has 98 valence electrons. The number of amides is 1. The standard InChI is InChI=1S/C14H19FN2O/c1-10-7-12(5-6-16-10)14(18)17-9-11-3-2-4-13(15)8-11/h2-4,8,10,12,16H,5-7,9H2,1H3,(H,17,18)/t10-,12-/m0/s1. The molecule has 0 radical (unpaired) electrons. The quantitative estimate of drug-likeness (QED) is 0.859. The van der Waals surface area contributed by atoms with Crippen molar-refractivity contribution in [1.29, 1.82) is 0 Å². The lowest BCUT2D eigenvalue weighted by Gasteiger charge is -2.27. The first-order valence-corrected chi connectivity index (χ1v) is 6.40. The maximum absolute atomic E-state index is 13.0. The van der Waals surface area contributed by atoms with Crippen molar-refractivity contribution in [2.45, 2.75) is 32.4 Å². The summed E-state index contributed by atoms with van der Waals surface area (Å²) in [5.74, 6) is -0.111. The van der Waals surface area contributed by atoms with Crippen LogP contribution >= 0.6 is 0 Å². The van der Waals surface area contributed by atoms with Crippen molar-refractivity contribution in [2.75, 3.05) is 6.54 Å². The lowest BCUT2D eigenvalue weighted by molar-refractivity contribution is -0.126. The number of carbonyl (C=O) groups is 1. The van der Waals surface area contributed by atoms with E-state index < -0.39 is 0 Å². The van der Waals surface area contributed by atoms with E-state index in [0.717, 1.165) is 24.9 Å². The zero-order valence-corrected chi connectivity index (χ0v) is 10.6. The number of piperidine rings is 1. The molecular weight excluding hydrogens is 231 g/mol. The van der Waals surface area contributed by atoms with Crippen molar-refractivity contribution in [1.82, 2.24) is 10.6 Å². The molecule has 1 aromatic rings. The van der Waals surface area contributed by atoms with Crippen LogP contribution in [-0.4, -0.2) is 18.5 Å². The second-order valence-electron chi connectivity index (χ2n) is 4.92. The van der Waals surface area contributed by atoms with Crippen LogP contribution in [0.5, 0.6) is 0 Å². The van der Waals surface area contributed by atoms with E-state index in [1.165, 1.54) is 12.1 Å². The first kappa shape index (κ1) is 13.0. The van der Waals surface area contributed by atoms with Gasteiger partial charge in [-0.25, -0.2) is 4.39 Å². The van der Waals surface area contributed by atoms with Crippen LogP contribution in [0, 0.1) is 11.7 Å². The Morgan fingerprint density at radius 2 is 2.39 bits per heavy atom. The summed E-state index contributed by atoms with van der Waals surface area (Å²) < 4.78 is 13.0. The summed E-state index contributed by atoms with van der Waals surface area (Å²) in [7, 11) is 0. The molecule has 0 unspecified atom stereocenters. The first-order valence-electron chi connectivity index (χ1n) is 6.40. The van der Waals surface area contributed by atoms with Gasteiger partial charge in [-0.05, 0) is 44.0 Å². The maximum Gasteiger partial charge on any atom is 0.223 e. The normalized spacial score (nSPS) is 23.7. The highest BCUT2D eigenvalue weighted by Gasteiger charge is 2.24. The van der Waals surface area contributed by atoms with Crippen molar-refractivity contribution >= 4 is 5.91 Å². The molecule has 2 N–H and O–H groups in total. The molecule has 1 aliphatic rings. The summed E-state index contributed by atoms with van der Waals surface area (Å²) in [6.07, 6.45) is 1.74. The van der Waals surface area contributed by atoms with E-state index in [9.17, 15) is 9.18 Å². The molecule has 1 fully saturated rings. The predicted octanol–water partition coefficient (Wildman–Crippen LogP) is 1.83.